The molecule has 10 nitrogen and oxygen atoms in total. The molecular weight excluding hydrogens is 516 g/mol. The second-order valence-electron chi connectivity index (χ2n) is 7.40. The summed E-state index contributed by atoms with van der Waals surface area (Å²) in [6, 6.07) is 16.4. The van der Waals surface area contributed by atoms with Crippen LogP contribution in [0, 0.1) is 11.3 Å². The number of hydrogen-bond donors (Lipinski definition) is 1. The molecule has 0 unspecified atom stereocenters. The fourth-order valence-corrected chi connectivity index (χ4v) is 4.92. The molecule has 0 atom stereocenters. The van der Waals surface area contributed by atoms with Gasteiger partial charge in [-0.05, 0) is 42.8 Å². The van der Waals surface area contributed by atoms with E-state index < -0.39 is 15.7 Å². The minimum Gasteiger partial charge on any atom is -0.493 e. The number of sulfone groups is 1. The molecule has 1 amide bonds. The minimum absolute atomic E-state index is 0.0202. The predicted molar refractivity (Wildman–Crippen MR) is 140 cm³/mol. The maximum Gasteiger partial charge on any atom is 0.268 e. The zero-order chi connectivity index (χ0) is 26.7. The number of nitrogens with zero attached hydrogens (tertiary/aromatic N) is 3. The molecular formula is C25H26N4O6S2. The number of benzene rings is 2. The van der Waals surface area contributed by atoms with Crippen LogP contribution in [-0.4, -0.2) is 50.1 Å². The Balaban J connectivity index is 1.64. The third kappa shape index (κ3) is 8.03. The predicted octanol–water partition coefficient (Wildman–Crippen LogP) is 4.12. The fraction of sp³-hybridized carbons (Fsp3) is 0.280. The molecule has 1 heterocycles. The van der Waals surface area contributed by atoms with E-state index in [2.05, 4.69) is 15.5 Å². The van der Waals surface area contributed by atoms with Gasteiger partial charge in [-0.2, -0.15) is 5.26 Å². The van der Waals surface area contributed by atoms with Crippen molar-refractivity contribution in [2.24, 2.45) is 0 Å². The summed E-state index contributed by atoms with van der Waals surface area (Å²) < 4.78 is 40.8. The zero-order valence-corrected chi connectivity index (χ0v) is 22.0. The van der Waals surface area contributed by atoms with Gasteiger partial charge in [-0.3, -0.25) is 10.1 Å². The van der Waals surface area contributed by atoms with Crippen LogP contribution >= 0.6 is 11.3 Å². The lowest BCUT2D eigenvalue weighted by molar-refractivity contribution is -0.112. The van der Waals surface area contributed by atoms with E-state index in [0.717, 1.165) is 17.1 Å². The molecule has 1 aromatic heterocycles. The van der Waals surface area contributed by atoms with Crippen LogP contribution in [0.4, 0.5) is 5.13 Å². The lowest BCUT2D eigenvalue weighted by Gasteiger charge is -2.13. The highest BCUT2D eigenvalue weighted by Crippen LogP contribution is 2.30. The van der Waals surface area contributed by atoms with E-state index in [9.17, 15) is 18.5 Å². The second-order valence-corrected chi connectivity index (χ2v) is 10.8. The Bertz CT molecular complexity index is 1380. The molecule has 3 aromatic rings. The summed E-state index contributed by atoms with van der Waals surface area (Å²) >= 11 is 0.723. The molecule has 12 heteroatoms. The first-order valence-electron chi connectivity index (χ1n) is 11.4. The van der Waals surface area contributed by atoms with Crippen molar-refractivity contribution >= 4 is 38.3 Å². The standard InChI is InChI=1S/C25H26N4O6S2/c1-3-33-22-16-18(11-12-21(22)35-14-8-13-34-20-9-6-5-7-10-20)15-19(17-26)23(30)27-24-28-29-25(36-24)37(31,32)4-2/h5-7,9-12,15-16H,3-4,8,13-14H2,1-2H3,(H,27,28,30). The lowest BCUT2D eigenvalue weighted by Crippen LogP contribution is -2.13. The molecule has 0 radical (unpaired) electrons. The Morgan fingerprint density at radius 2 is 1.81 bits per heavy atom. The number of amides is 1. The highest BCUT2D eigenvalue weighted by Gasteiger charge is 2.20. The number of nitrogens with one attached hydrogen (secondary N) is 1. The normalized spacial score (nSPS) is 11.4. The van der Waals surface area contributed by atoms with E-state index >= 15 is 0 Å². The van der Waals surface area contributed by atoms with E-state index in [1.807, 2.05) is 43.3 Å². The number of aromatic nitrogens is 2. The number of hydrogen-bond acceptors (Lipinski definition) is 10. The van der Waals surface area contributed by atoms with Crippen LogP contribution < -0.4 is 19.5 Å². The van der Waals surface area contributed by atoms with E-state index in [1.54, 1.807) is 18.2 Å². The van der Waals surface area contributed by atoms with Gasteiger partial charge in [0.1, 0.15) is 17.4 Å². The number of para-hydroxylation sites is 1. The molecule has 0 spiro atoms. The number of carbonyl (C=O) groups is 1. The molecule has 194 valence electrons. The van der Waals surface area contributed by atoms with Crippen molar-refractivity contribution in [3.8, 4) is 23.3 Å². The van der Waals surface area contributed by atoms with Gasteiger partial charge >= 0.3 is 0 Å². The van der Waals surface area contributed by atoms with Crippen molar-refractivity contribution in [1.82, 2.24) is 10.2 Å². The van der Waals surface area contributed by atoms with Gasteiger partial charge in [-0.25, -0.2) is 8.42 Å². The van der Waals surface area contributed by atoms with Crippen LogP contribution in [0.5, 0.6) is 17.2 Å². The van der Waals surface area contributed by atoms with E-state index in [4.69, 9.17) is 14.2 Å². The molecule has 0 aliphatic carbocycles. The Morgan fingerprint density at radius 1 is 1.05 bits per heavy atom. The van der Waals surface area contributed by atoms with Gasteiger partial charge < -0.3 is 14.2 Å². The van der Waals surface area contributed by atoms with Gasteiger partial charge in [-0.1, -0.05) is 42.5 Å². The van der Waals surface area contributed by atoms with Crippen LogP contribution in [0.1, 0.15) is 25.8 Å². The van der Waals surface area contributed by atoms with Crippen molar-refractivity contribution in [2.45, 2.75) is 24.6 Å². The smallest absolute Gasteiger partial charge is 0.268 e. The molecule has 37 heavy (non-hydrogen) atoms. The van der Waals surface area contributed by atoms with Crippen molar-refractivity contribution in [3.05, 3.63) is 59.7 Å². The zero-order valence-electron chi connectivity index (χ0n) is 20.3. The van der Waals surface area contributed by atoms with Crippen LogP contribution in [0.2, 0.25) is 0 Å². The molecule has 0 fully saturated rings. The number of nitriles is 1. The molecule has 0 aliphatic rings. The van der Waals surface area contributed by atoms with Crippen LogP contribution in [-0.2, 0) is 14.6 Å². The highest BCUT2D eigenvalue weighted by molar-refractivity contribution is 7.93. The molecule has 0 bridgehead atoms. The van der Waals surface area contributed by atoms with Gasteiger partial charge in [-0.15, -0.1) is 10.2 Å². The largest absolute Gasteiger partial charge is 0.493 e. The van der Waals surface area contributed by atoms with Crippen LogP contribution in [0.25, 0.3) is 6.08 Å². The van der Waals surface area contributed by atoms with Gasteiger partial charge in [0, 0.05) is 6.42 Å². The Morgan fingerprint density at radius 3 is 2.51 bits per heavy atom. The van der Waals surface area contributed by atoms with Gasteiger partial charge in [0.15, 0.2) is 11.5 Å². The lowest BCUT2D eigenvalue weighted by atomic mass is 10.1. The Kier molecular flexibility index (Phi) is 10.00. The fourth-order valence-electron chi connectivity index (χ4n) is 2.94. The Hall–Kier alpha value is -3.95. The minimum atomic E-state index is -3.54. The molecule has 1 N–H and O–H groups in total. The SMILES string of the molecule is CCOc1cc(C=C(C#N)C(=O)Nc2nnc(S(=O)(=O)CC)s2)ccc1OCCCOc1ccccc1. The summed E-state index contributed by atoms with van der Waals surface area (Å²) in [5, 5.41) is 19.2. The van der Waals surface area contributed by atoms with Crippen molar-refractivity contribution in [2.75, 3.05) is 30.9 Å². The van der Waals surface area contributed by atoms with Crippen molar-refractivity contribution < 1.29 is 27.4 Å². The summed E-state index contributed by atoms with van der Waals surface area (Å²) in [5.74, 6) is 0.915. The van der Waals surface area contributed by atoms with E-state index in [1.165, 1.54) is 13.0 Å². The van der Waals surface area contributed by atoms with E-state index in [0.29, 0.717) is 43.3 Å². The third-order valence-corrected chi connectivity index (χ3v) is 7.79. The topological polar surface area (TPSA) is 140 Å². The first-order valence-corrected chi connectivity index (χ1v) is 13.9. The summed E-state index contributed by atoms with van der Waals surface area (Å²) in [4.78, 5) is 12.6. The average molecular weight is 543 g/mol. The second kappa shape index (κ2) is 13.4. The van der Waals surface area contributed by atoms with Crippen molar-refractivity contribution in [1.29, 1.82) is 5.26 Å². The molecule has 0 saturated heterocycles. The molecule has 2 aromatic carbocycles. The van der Waals surface area contributed by atoms with Gasteiger partial charge in [0.2, 0.25) is 19.3 Å². The van der Waals surface area contributed by atoms with Crippen LogP contribution in [0.15, 0.2) is 58.4 Å². The molecule has 0 aliphatic heterocycles. The summed E-state index contributed by atoms with van der Waals surface area (Å²) in [6.45, 7) is 4.62. The first-order chi connectivity index (χ1) is 17.9. The monoisotopic (exact) mass is 542 g/mol. The summed E-state index contributed by atoms with van der Waals surface area (Å²) in [5.41, 5.74) is 0.339. The summed E-state index contributed by atoms with van der Waals surface area (Å²) in [7, 11) is -3.54. The number of anilines is 1. The van der Waals surface area contributed by atoms with Gasteiger partial charge in [0.25, 0.3) is 5.91 Å². The van der Waals surface area contributed by atoms with Gasteiger partial charge in [0.05, 0.1) is 25.6 Å². The van der Waals surface area contributed by atoms with Crippen molar-refractivity contribution in [3.63, 3.8) is 0 Å². The Labute approximate surface area is 219 Å². The quantitative estimate of drug-likeness (QED) is 0.146. The maximum atomic E-state index is 12.6. The maximum absolute atomic E-state index is 12.6. The third-order valence-electron chi connectivity index (χ3n) is 4.77. The number of ether oxygens (including phenoxy) is 3. The van der Waals surface area contributed by atoms with E-state index in [-0.39, 0.29) is 20.8 Å². The molecule has 0 saturated carbocycles. The average Bonchev–Trinajstić information content (AvgIpc) is 3.38. The first kappa shape index (κ1) is 27.6. The number of rotatable bonds is 13. The van der Waals surface area contributed by atoms with Crippen LogP contribution in [0.3, 0.4) is 0 Å². The highest BCUT2D eigenvalue weighted by atomic mass is 32.2. The molecule has 3 rings (SSSR count). The number of carbonyl (C=O) groups excluding carboxylic acids is 1. The summed E-state index contributed by atoms with van der Waals surface area (Å²) in [6.07, 6.45) is 2.05.